The molecule has 0 aliphatic rings. The third-order valence-electron chi connectivity index (χ3n) is 3.67. The van der Waals surface area contributed by atoms with Crippen LogP contribution < -0.4 is 5.32 Å². The van der Waals surface area contributed by atoms with Crippen LogP contribution >= 0.6 is 0 Å². The lowest BCUT2D eigenvalue weighted by atomic mass is 9.93. The summed E-state index contributed by atoms with van der Waals surface area (Å²) in [5.41, 5.74) is 2.77. The van der Waals surface area contributed by atoms with E-state index in [4.69, 9.17) is 4.74 Å². The van der Waals surface area contributed by atoms with Gasteiger partial charge in [0.1, 0.15) is 0 Å². The molecule has 0 spiro atoms. The molecule has 0 aliphatic carbocycles. The van der Waals surface area contributed by atoms with Crippen molar-refractivity contribution in [3.63, 3.8) is 0 Å². The summed E-state index contributed by atoms with van der Waals surface area (Å²) < 4.78 is 5.91. The van der Waals surface area contributed by atoms with E-state index in [9.17, 15) is 0 Å². The molecule has 108 valence electrons. The molecule has 0 heterocycles. The zero-order chi connectivity index (χ0) is 14.3. The molecule has 1 aromatic carbocycles. The van der Waals surface area contributed by atoms with Crippen molar-refractivity contribution in [1.29, 1.82) is 0 Å². The molecular weight excluding hydrogens is 234 g/mol. The monoisotopic (exact) mass is 263 g/mol. The summed E-state index contributed by atoms with van der Waals surface area (Å²) in [5.74, 6) is 0.521. The Balaban J connectivity index is 2.73. The topological polar surface area (TPSA) is 21.3 Å². The summed E-state index contributed by atoms with van der Waals surface area (Å²) in [6, 6.07) is 9.31. The lowest BCUT2D eigenvalue weighted by Gasteiger charge is -2.30. The van der Waals surface area contributed by atoms with Gasteiger partial charge >= 0.3 is 0 Å². The lowest BCUT2D eigenvalue weighted by molar-refractivity contribution is 0.00535. The predicted molar refractivity (Wildman–Crippen MR) is 82.6 cm³/mol. The number of hydrogen-bond donors (Lipinski definition) is 1. The number of hydrogen-bond acceptors (Lipinski definition) is 2. The van der Waals surface area contributed by atoms with Gasteiger partial charge in [-0.15, -0.1) is 0 Å². The minimum atomic E-state index is 0.265. The van der Waals surface area contributed by atoms with Crippen LogP contribution in [0.4, 0.5) is 0 Å². The van der Waals surface area contributed by atoms with Crippen molar-refractivity contribution in [3.8, 4) is 0 Å². The highest BCUT2D eigenvalue weighted by Gasteiger charge is 2.23. The quantitative estimate of drug-likeness (QED) is 0.776. The summed E-state index contributed by atoms with van der Waals surface area (Å²) >= 11 is 0. The Labute approximate surface area is 118 Å². The van der Waals surface area contributed by atoms with Crippen molar-refractivity contribution < 1.29 is 4.74 Å². The van der Waals surface area contributed by atoms with Gasteiger partial charge < -0.3 is 10.1 Å². The Hall–Kier alpha value is -0.860. The van der Waals surface area contributed by atoms with E-state index in [-0.39, 0.29) is 6.10 Å². The second-order valence-corrected chi connectivity index (χ2v) is 5.43. The molecule has 0 aliphatic heterocycles. The Kier molecular flexibility index (Phi) is 7.11. The van der Waals surface area contributed by atoms with Crippen molar-refractivity contribution in [3.05, 3.63) is 35.4 Å². The van der Waals surface area contributed by atoms with Crippen molar-refractivity contribution in [2.45, 2.75) is 52.7 Å². The van der Waals surface area contributed by atoms with Gasteiger partial charge in [-0.3, -0.25) is 0 Å². The molecule has 2 unspecified atom stereocenters. The van der Waals surface area contributed by atoms with E-state index in [0.29, 0.717) is 12.0 Å². The number of ether oxygens (including phenoxy) is 1. The summed E-state index contributed by atoms with van der Waals surface area (Å²) in [6.45, 7) is 9.49. The summed E-state index contributed by atoms with van der Waals surface area (Å²) in [7, 11) is 2.03. The van der Waals surface area contributed by atoms with Gasteiger partial charge in [-0.05, 0) is 43.9 Å². The normalized spacial score (nSPS) is 14.6. The Morgan fingerprint density at radius 3 is 2.05 bits per heavy atom. The van der Waals surface area contributed by atoms with Crippen molar-refractivity contribution >= 4 is 0 Å². The number of benzene rings is 1. The van der Waals surface area contributed by atoms with Crippen LogP contribution in [0.5, 0.6) is 0 Å². The molecule has 1 N–H and O–H groups in total. The van der Waals surface area contributed by atoms with Gasteiger partial charge in [0.2, 0.25) is 0 Å². The summed E-state index contributed by atoms with van der Waals surface area (Å²) in [6.07, 6.45) is 2.38. The third kappa shape index (κ3) is 4.96. The molecule has 0 radical (unpaired) electrons. The average Bonchev–Trinajstić information content (AvgIpc) is 2.43. The van der Waals surface area contributed by atoms with Crippen molar-refractivity contribution in [1.82, 2.24) is 5.32 Å². The Bertz CT molecular complexity index is 345. The van der Waals surface area contributed by atoms with Crippen molar-refractivity contribution in [2.75, 3.05) is 13.7 Å². The van der Waals surface area contributed by atoms with Gasteiger partial charge in [0.15, 0.2) is 0 Å². The van der Waals surface area contributed by atoms with Crippen LogP contribution in [0.15, 0.2) is 24.3 Å². The van der Waals surface area contributed by atoms with E-state index in [2.05, 4.69) is 57.3 Å². The van der Waals surface area contributed by atoms with Crippen LogP contribution in [0, 0.1) is 5.92 Å². The number of aryl methyl sites for hydroxylation is 1. The zero-order valence-electron chi connectivity index (χ0n) is 13.1. The molecule has 0 saturated heterocycles. The summed E-state index contributed by atoms with van der Waals surface area (Å²) in [5, 5.41) is 3.42. The largest absolute Gasteiger partial charge is 0.377 e. The molecule has 0 amide bonds. The lowest BCUT2D eigenvalue weighted by Crippen LogP contribution is -2.44. The highest BCUT2D eigenvalue weighted by atomic mass is 16.5. The Morgan fingerprint density at radius 1 is 1.05 bits per heavy atom. The van der Waals surface area contributed by atoms with E-state index in [1.165, 1.54) is 11.1 Å². The molecule has 2 nitrogen and oxygen atoms in total. The minimum Gasteiger partial charge on any atom is -0.377 e. The second kappa shape index (κ2) is 8.34. The average molecular weight is 263 g/mol. The maximum Gasteiger partial charge on any atom is 0.0753 e. The number of likely N-dealkylation sites (N-methyl/N-ethyl adjacent to an activating group) is 1. The van der Waals surface area contributed by atoms with E-state index < -0.39 is 0 Å². The first-order valence-electron chi connectivity index (χ1n) is 7.49. The maximum atomic E-state index is 5.91. The van der Waals surface area contributed by atoms with Gasteiger partial charge in [0, 0.05) is 12.6 Å². The van der Waals surface area contributed by atoms with Crippen LogP contribution in [-0.4, -0.2) is 25.8 Å². The van der Waals surface area contributed by atoms with Gasteiger partial charge in [-0.2, -0.15) is 0 Å². The molecule has 0 fully saturated rings. The molecule has 2 heteroatoms. The fourth-order valence-corrected chi connectivity index (χ4v) is 2.51. The second-order valence-electron chi connectivity index (χ2n) is 5.43. The SMILES string of the molecule is CCOC(C(C)C)C(Cc1ccc(CC)cc1)NC. The molecular formula is C17H29NO. The van der Waals surface area contributed by atoms with Crippen molar-refractivity contribution in [2.24, 2.45) is 5.92 Å². The number of nitrogens with one attached hydrogen (secondary N) is 1. The first kappa shape index (κ1) is 16.2. The fraction of sp³-hybridized carbons (Fsp3) is 0.647. The molecule has 2 atom stereocenters. The Morgan fingerprint density at radius 2 is 1.63 bits per heavy atom. The smallest absolute Gasteiger partial charge is 0.0753 e. The van der Waals surface area contributed by atoms with Crippen LogP contribution in [0.1, 0.15) is 38.8 Å². The predicted octanol–water partition coefficient (Wildman–Crippen LogP) is 3.44. The van der Waals surface area contributed by atoms with E-state index in [0.717, 1.165) is 19.4 Å². The summed E-state index contributed by atoms with van der Waals surface area (Å²) in [4.78, 5) is 0. The van der Waals surface area contributed by atoms with Gasteiger partial charge in [0.25, 0.3) is 0 Å². The van der Waals surface area contributed by atoms with Crippen LogP contribution in [0.25, 0.3) is 0 Å². The third-order valence-corrected chi connectivity index (χ3v) is 3.67. The van der Waals surface area contributed by atoms with Gasteiger partial charge in [-0.1, -0.05) is 45.0 Å². The standard InChI is InChI=1S/C17H29NO/c1-6-14-8-10-15(11-9-14)12-16(18-5)17(13(3)4)19-7-2/h8-11,13,16-18H,6-7,12H2,1-5H3. The molecule has 19 heavy (non-hydrogen) atoms. The minimum absolute atomic E-state index is 0.265. The van der Waals surface area contributed by atoms with Gasteiger partial charge in [0.05, 0.1) is 6.10 Å². The molecule has 0 bridgehead atoms. The van der Waals surface area contributed by atoms with E-state index in [1.54, 1.807) is 0 Å². The highest BCUT2D eigenvalue weighted by Crippen LogP contribution is 2.16. The zero-order valence-corrected chi connectivity index (χ0v) is 13.1. The van der Waals surface area contributed by atoms with Crippen LogP contribution in [0.2, 0.25) is 0 Å². The first-order valence-corrected chi connectivity index (χ1v) is 7.49. The molecule has 0 aromatic heterocycles. The van der Waals surface area contributed by atoms with Crippen LogP contribution in [0.3, 0.4) is 0 Å². The van der Waals surface area contributed by atoms with E-state index >= 15 is 0 Å². The number of rotatable bonds is 8. The van der Waals surface area contributed by atoms with E-state index in [1.807, 2.05) is 7.05 Å². The van der Waals surface area contributed by atoms with Crippen LogP contribution in [-0.2, 0) is 17.6 Å². The maximum absolute atomic E-state index is 5.91. The first-order chi connectivity index (χ1) is 9.12. The molecule has 1 rings (SSSR count). The fourth-order valence-electron chi connectivity index (χ4n) is 2.51. The molecule has 0 saturated carbocycles. The van der Waals surface area contributed by atoms with Gasteiger partial charge in [-0.25, -0.2) is 0 Å². The highest BCUT2D eigenvalue weighted by molar-refractivity contribution is 5.23. The molecule has 1 aromatic rings.